The molecule has 0 radical (unpaired) electrons. The second-order valence-electron chi connectivity index (χ2n) is 8.82. The number of methoxy groups -OCH3 is 1. The zero-order valence-corrected chi connectivity index (χ0v) is 20.2. The fourth-order valence-corrected chi connectivity index (χ4v) is 4.28. The molecule has 2 heterocycles. The molecule has 0 amide bonds. The van der Waals surface area contributed by atoms with Crippen molar-refractivity contribution >= 4 is 5.97 Å². The highest BCUT2D eigenvalue weighted by Crippen LogP contribution is 2.40. The zero-order valence-electron chi connectivity index (χ0n) is 20.2. The maximum atomic E-state index is 13.7. The summed E-state index contributed by atoms with van der Waals surface area (Å²) in [7, 11) is 1.55. The predicted octanol–water partition coefficient (Wildman–Crippen LogP) is 4.51. The van der Waals surface area contributed by atoms with Gasteiger partial charge in [0.05, 0.1) is 19.1 Å². The van der Waals surface area contributed by atoms with E-state index in [0.29, 0.717) is 48.1 Å². The van der Waals surface area contributed by atoms with E-state index < -0.39 is 5.92 Å². The van der Waals surface area contributed by atoms with Crippen LogP contribution in [0.25, 0.3) is 0 Å². The first-order valence-electron chi connectivity index (χ1n) is 11.4. The number of esters is 1. The van der Waals surface area contributed by atoms with E-state index in [1.807, 2.05) is 32.0 Å². The molecule has 0 saturated carbocycles. The molecule has 0 fully saturated rings. The molecule has 182 valence electrons. The fraction of sp³-hybridized carbons (Fsp3) is 0.286. The number of pyridine rings is 1. The quantitative estimate of drug-likeness (QED) is 0.381. The van der Waals surface area contributed by atoms with E-state index in [4.69, 9.17) is 14.2 Å². The minimum atomic E-state index is -0.469. The molecule has 7 heteroatoms. The number of nitrogens with zero attached hydrogens (tertiary/aromatic N) is 1. The Balaban J connectivity index is 1.70. The molecule has 1 aliphatic heterocycles. The van der Waals surface area contributed by atoms with E-state index in [9.17, 15) is 14.7 Å². The van der Waals surface area contributed by atoms with Crippen molar-refractivity contribution in [2.75, 3.05) is 13.7 Å². The van der Waals surface area contributed by atoms with Crippen molar-refractivity contribution in [3.8, 4) is 23.0 Å². The van der Waals surface area contributed by atoms with Crippen LogP contribution in [0.1, 0.15) is 41.6 Å². The molecule has 3 aromatic rings. The topological polar surface area (TPSA) is 87.0 Å². The Morgan fingerprint density at radius 2 is 1.89 bits per heavy atom. The van der Waals surface area contributed by atoms with Gasteiger partial charge in [0.25, 0.3) is 5.56 Å². The molecule has 1 N–H and O–H groups in total. The fourth-order valence-electron chi connectivity index (χ4n) is 4.28. The maximum Gasteiger partial charge on any atom is 0.312 e. The number of rotatable bonds is 8. The van der Waals surface area contributed by atoms with Crippen LogP contribution in [-0.4, -0.2) is 29.4 Å². The summed E-state index contributed by atoms with van der Waals surface area (Å²) in [6.07, 6.45) is 0.672. The minimum absolute atomic E-state index is 0.0540. The lowest BCUT2D eigenvalue weighted by Crippen LogP contribution is -2.33. The number of benzene rings is 2. The van der Waals surface area contributed by atoms with Gasteiger partial charge >= 0.3 is 5.97 Å². The number of carbonyl (C=O) groups excluding carboxylic acids is 1. The molecule has 0 saturated heterocycles. The van der Waals surface area contributed by atoms with Gasteiger partial charge in [-0.2, -0.15) is 0 Å². The van der Waals surface area contributed by atoms with E-state index in [-0.39, 0.29) is 23.7 Å². The summed E-state index contributed by atoms with van der Waals surface area (Å²) < 4.78 is 18.5. The number of aromatic hydroxyl groups is 1. The Hall–Kier alpha value is -4.00. The first-order chi connectivity index (χ1) is 16.8. The number of phenolic OH excluding ortho intramolecular Hbond substituents is 1. The number of ether oxygens (including phenoxy) is 3. The van der Waals surface area contributed by atoms with Crippen LogP contribution in [0.3, 0.4) is 0 Å². The average molecular weight is 476 g/mol. The highest BCUT2D eigenvalue weighted by Gasteiger charge is 2.33. The van der Waals surface area contributed by atoms with Crippen molar-refractivity contribution in [1.29, 1.82) is 0 Å². The summed E-state index contributed by atoms with van der Waals surface area (Å²) in [5.74, 6) is 0.730. The second kappa shape index (κ2) is 10.1. The Bertz CT molecular complexity index is 1320. The Kier molecular flexibility index (Phi) is 6.96. The number of hydrogen-bond acceptors (Lipinski definition) is 6. The molecule has 0 unspecified atom stereocenters. The van der Waals surface area contributed by atoms with Gasteiger partial charge in [-0.15, -0.1) is 0 Å². The van der Waals surface area contributed by atoms with Gasteiger partial charge in [-0.3, -0.25) is 9.59 Å². The van der Waals surface area contributed by atoms with Gasteiger partial charge in [-0.05, 0) is 61.2 Å². The van der Waals surface area contributed by atoms with Crippen molar-refractivity contribution in [3.63, 3.8) is 0 Å². The van der Waals surface area contributed by atoms with E-state index in [1.54, 1.807) is 42.0 Å². The molecule has 0 bridgehead atoms. The van der Waals surface area contributed by atoms with Crippen molar-refractivity contribution in [2.45, 2.75) is 39.2 Å². The van der Waals surface area contributed by atoms with Crippen LogP contribution >= 0.6 is 0 Å². The van der Waals surface area contributed by atoms with Crippen molar-refractivity contribution in [2.24, 2.45) is 0 Å². The molecule has 1 atom stereocenters. The van der Waals surface area contributed by atoms with Crippen molar-refractivity contribution in [3.05, 3.63) is 93.4 Å². The minimum Gasteiger partial charge on any atom is -0.508 e. The third-order valence-electron chi connectivity index (χ3n) is 6.07. The van der Waals surface area contributed by atoms with Gasteiger partial charge in [0.2, 0.25) is 0 Å². The maximum absolute atomic E-state index is 13.7. The molecular weight excluding hydrogens is 446 g/mol. The van der Waals surface area contributed by atoms with Gasteiger partial charge in [0.15, 0.2) is 11.5 Å². The third kappa shape index (κ3) is 5.24. The van der Waals surface area contributed by atoms with E-state index in [2.05, 4.69) is 6.58 Å². The van der Waals surface area contributed by atoms with E-state index in [1.165, 1.54) is 0 Å². The summed E-state index contributed by atoms with van der Waals surface area (Å²) in [4.78, 5) is 26.1. The van der Waals surface area contributed by atoms with Gasteiger partial charge < -0.3 is 23.9 Å². The lowest BCUT2D eigenvalue weighted by Gasteiger charge is -2.26. The normalized spacial score (nSPS) is 14.7. The first kappa shape index (κ1) is 24.1. The monoisotopic (exact) mass is 475 g/mol. The Labute approximate surface area is 204 Å². The second-order valence-corrected chi connectivity index (χ2v) is 8.82. The first-order valence-corrected chi connectivity index (χ1v) is 11.4. The zero-order chi connectivity index (χ0) is 25.1. The van der Waals surface area contributed by atoms with Gasteiger partial charge in [-0.1, -0.05) is 24.8 Å². The third-order valence-corrected chi connectivity index (χ3v) is 6.07. The molecule has 1 aromatic heterocycles. The number of fused-ring (bicyclic) bond motifs is 1. The van der Waals surface area contributed by atoms with Crippen LogP contribution in [0, 0.1) is 6.92 Å². The molecule has 35 heavy (non-hydrogen) atoms. The van der Waals surface area contributed by atoms with E-state index >= 15 is 0 Å². The van der Waals surface area contributed by atoms with E-state index in [0.717, 1.165) is 16.7 Å². The summed E-state index contributed by atoms with van der Waals surface area (Å²) >= 11 is 0. The average Bonchev–Trinajstić information content (AvgIpc) is 2.82. The molecule has 2 aromatic carbocycles. The van der Waals surface area contributed by atoms with Crippen LogP contribution in [0.15, 0.2) is 65.5 Å². The van der Waals surface area contributed by atoms with Gasteiger partial charge in [0, 0.05) is 24.2 Å². The summed E-state index contributed by atoms with van der Waals surface area (Å²) in [6.45, 7) is 8.37. The molecule has 7 nitrogen and oxygen atoms in total. The summed E-state index contributed by atoms with van der Waals surface area (Å²) in [5.41, 5.74) is 3.64. The number of aromatic nitrogens is 1. The summed E-state index contributed by atoms with van der Waals surface area (Å²) in [5, 5.41) is 9.51. The molecule has 0 spiro atoms. The molecular formula is C28H29NO6. The van der Waals surface area contributed by atoms with Crippen LogP contribution < -0.4 is 19.8 Å². The van der Waals surface area contributed by atoms with Crippen LogP contribution in [-0.2, 0) is 17.8 Å². The van der Waals surface area contributed by atoms with Crippen molar-refractivity contribution in [1.82, 2.24) is 4.57 Å². The number of carbonyl (C=O) groups is 1. The molecule has 1 aliphatic rings. The van der Waals surface area contributed by atoms with Gasteiger partial charge in [-0.25, -0.2) is 0 Å². The van der Waals surface area contributed by atoms with Crippen LogP contribution in [0.4, 0.5) is 0 Å². The van der Waals surface area contributed by atoms with Crippen LogP contribution in [0.2, 0.25) is 0 Å². The lowest BCUT2D eigenvalue weighted by molar-refractivity contribution is -0.135. The van der Waals surface area contributed by atoms with Crippen LogP contribution in [0.5, 0.6) is 23.0 Å². The lowest BCUT2D eigenvalue weighted by atomic mass is 9.86. The SMILES string of the molecule is C=C(C)COc1ccc([C@H]2CC(=O)Oc3cc(C)n(CCc4ccc(O)cc4)c(=O)c32)cc1OC. The Morgan fingerprint density at radius 3 is 2.57 bits per heavy atom. The van der Waals surface area contributed by atoms with Crippen molar-refractivity contribution < 1.29 is 24.1 Å². The standard InChI is InChI=1S/C28H29NO6/c1-17(2)16-34-23-10-7-20(14-24(23)33-4)22-15-26(31)35-25-13-18(3)29(28(32)27(22)25)12-11-19-5-8-21(30)9-6-19/h5-10,13-14,22,30H,1,11-12,15-16H2,2-4H3/t22-/m1/s1. The number of phenols is 1. The largest absolute Gasteiger partial charge is 0.508 e. The molecule has 4 rings (SSSR count). The highest BCUT2D eigenvalue weighted by atomic mass is 16.5. The van der Waals surface area contributed by atoms with Gasteiger partial charge in [0.1, 0.15) is 18.1 Å². The molecule has 0 aliphatic carbocycles. The smallest absolute Gasteiger partial charge is 0.312 e. The highest BCUT2D eigenvalue weighted by molar-refractivity contribution is 5.77. The number of aryl methyl sites for hydroxylation is 2. The Morgan fingerprint density at radius 1 is 1.14 bits per heavy atom. The number of hydrogen-bond donors (Lipinski definition) is 1. The predicted molar refractivity (Wildman–Crippen MR) is 133 cm³/mol. The summed E-state index contributed by atoms with van der Waals surface area (Å²) in [6, 6.07) is 14.1.